The molecule has 0 fully saturated rings. The second-order valence-corrected chi connectivity index (χ2v) is 7.87. The summed E-state index contributed by atoms with van der Waals surface area (Å²) in [4.78, 5) is 27.3. The van der Waals surface area contributed by atoms with Crippen molar-refractivity contribution in [1.29, 1.82) is 0 Å². The van der Waals surface area contributed by atoms with Gasteiger partial charge in [-0.1, -0.05) is 43.3 Å². The summed E-state index contributed by atoms with van der Waals surface area (Å²) in [6.45, 7) is 6.73. The van der Waals surface area contributed by atoms with Crippen LogP contribution in [0.1, 0.15) is 37.0 Å². The van der Waals surface area contributed by atoms with Gasteiger partial charge in [-0.15, -0.1) is 11.8 Å². The van der Waals surface area contributed by atoms with Crippen LogP contribution in [0, 0.1) is 12.7 Å². The van der Waals surface area contributed by atoms with E-state index in [2.05, 4.69) is 5.32 Å². The highest BCUT2D eigenvalue weighted by Gasteiger charge is 2.28. The SMILES string of the molecule is CCNC(=O)[C@@H](CC)N(Cc1ccccc1C)C(=O)CSCc1ccc(F)cc1. The molecule has 0 bridgehead atoms. The molecule has 0 saturated heterocycles. The average molecular weight is 417 g/mol. The molecule has 2 aromatic carbocycles. The highest BCUT2D eigenvalue weighted by atomic mass is 32.2. The van der Waals surface area contributed by atoms with E-state index >= 15 is 0 Å². The molecule has 29 heavy (non-hydrogen) atoms. The van der Waals surface area contributed by atoms with Crippen LogP contribution in [0.5, 0.6) is 0 Å². The van der Waals surface area contributed by atoms with E-state index < -0.39 is 6.04 Å². The van der Waals surface area contributed by atoms with Crippen LogP contribution in [0.25, 0.3) is 0 Å². The molecule has 1 N–H and O–H groups in total. The molecule has 2 amide bonds. The van der Waals surface area contributed by atoms with Crippen LogP contribution in [0.3, 0.4) is 0 Å². The van der Waals surface area contributed by atoms with E-state index in [0.717, 1.165) is 16.7 Å². The Morgan fingerprint density at radius 3 is 2.41 bits per heavy atom. The monoisotopic (exact) mass is 416 g/mol. The third-order valence-electron chi connectivity index (χ3n) is 4.75. The average Bonchev–Trinajstić information content (AvgIpc) is 2.71. The number of amides is 2. The molecule has 6 heteroatoms. The molecule has 0 aromatic heterocycles. The van der Waals surface area contributed by atoms with Crippen molar-refractivity contribution in [1.82, 2.24) is 10.2 Å². The summed E-state index contributed by atoms with van der Waals surface area (Å²) in [6, 6.07) is 13.7. The van der Waals surface area contributed by atoms with Gasteiger partial charge < -0.3 is 10.2 Å². The Balaban J connectivity index is 2.11. The lowest BCUT2D eigenvalue weighted by Gasteiger charge is -2.31. The standard InChI is InChI=1S/C23H29FN2O2S/c1-4-21(23(28)25-5-2)26(14-19-9-7-6-8-17(19)3)22(27)16-29-15-18-10-12-20(24)13-11-18/h6-13,21H,4-5,14-16H2,1-3H3,(H,25,28)/t21-/m1/s1. The number of thioether (sulfide) groups is 1. The van der Waals surface area contributed by atoms with Crippen molar-refractivity contribution >= 4 is 23.6 Å². The van der Waals surface area contributed by atoms with Crippen molar-refractivity contribution < 1.29 is 14.0 Å². The Morgan fingerprint density at radius 1 is 1.10 bits per heavy atom. The minimum Gasteiger partial charge on any atom is -0.355 e. The van der Waals surface area contributed by atoms with E-state index in [1.54, 1.807) is 17.0 Å². The molecule has 2 rings (SSSR count). The second-order valence-electron chi connectivity index (χ2n) is 6.89. The zero-order chi connectivity index (χ0) is 21.2. The van der Waals surface area contributed by atoms with Gasteiger partial charge in [-0.05, 0) is 49.1 Å². The van der Waals surface area contributed by atoms with Gasteiger partial charge in [-0.2, -0.15) is 0 Å². The minimum atomic E-state index is -0.506. The number of carbonyl (C=O) groups is 2. The third kappa shape index (κ3) is 6.89. The van der Waals surface area contributed by atoms with E-state index in [1.807, 2.05) is 45.0 Å². The summed E-state index contributed by atoms with van der Waals surface area (Å²) in [5, 5.41) is 2.84. The summed E-state index contributed by atoms with van der Waals surface area (Å²) < 4.78 is 13.0. The van der Waals surface area contributed by atoms with E-state index in [1.165, 1.54) is 23.9 Å². The minimum absolute atomic E-state index is 0.0709. The topological polar surface area (TPSA) is 49.4 Å². The first-order valence-electron chi connectivity index (χ1n) is 9.90. The Bertz CT molecular complexity index is 811. The van der Waals surface area contributed by atoms with Gasteiger partial charge in [0.15, 0.2) is 0 Å². The molecule has 0 spiro atoms. The number of hydrogen-bond donors (Lipinski definition) is 1. The Hall–Kier alpha value is -2.34. The number of rotatable bonds is 10. The van der Waals surface area contributed by atoms with Gasteiger partial charge in [-0.3, -0.25) is 9.59 Å². The fourth-order valence-corrected chi connectivity index (χ4v) is 3.97. The first kappa shape index (κ1) is 22.9. The number of nitrogens with one attached hydrogen (secondary N) is 1. The summed E-state index contributed by atoms with van der Waals surface area (Å²) in [5.74, 6) is 0.410. The van der Waals surface area contributed by atoms with Crippen molar-refractivity contribution in [2.75, 3.05) is 12.3 Å². The molecule has 0 aliphatic rings. The summed E-state index contributed by atoms with van der Waals surface area (Å²) in [6.07, 6.45) is 0.548. The van der Waals surface area contributed by atoms with Crippen LogP contribution >= 0.6 is 11.8 Å². The van der Waals surface area contributed by atoms with E-state index in [0.29, 0.717) is 25.3 Å². The van der Waals surface area contributed by atoms with Gasteiger partial charge in [0.2, 0.25) is 11.8 Å². The van der Waals surface area contributed by atoms with Gasteiger partial charge in [0, 0.05) is 18.8 Å². The molecule has 0 heterocycles. The summed E-state index contributed by atoms with van der Waals surface area (Å²) >= 11 is 1.47. The van der Waals surface area contributed by atoms with Crippen LogP contribution in [0.2, 0.25) is 0 Å². The van der Waals surface area contributed by atoms with Gasteiger partial charge in [0.1, 0.15) is 11.9 Å². The first-order valence-corrected chi connectivity index (χ1v) is 11.1. The van der Waals surface area contributed by atoms with Gasteiger partial charge in [-0.25, -0.2) is 4.39 Å². The largest absolute Gasteiger partial charge is 0.355 e. The fourth-order valence-electron chi connectivity index (χ4n) is 3.10. The molecule has 156 valence electrons. The Morgan fingerprint density at radius 2 is 1.79 bits per heavy atom. The summed E-state index contributed by atoms with van der Waals surface area (Å²) in [7, 11) is 0. The number of benzene rings is 2. The van der Waals surface area contributed by atoms with Crippen molar-refractivity contribution in [3.8, 4) is 0 Å². The normalized spacial score (nSPS) is 11.7. The van der Waals surface area contributed by atoms with Crippen molar-refractivity contribution in [2.24, 2.45) is 0 Å². The molecule has 0 aliphatic heterocycles. The predicted octanol–water partition coefficient (Wildman–Crippen LogP) is 4.31. The molecule has 4 nitrogen and oxygen atoms in total. The molecule has 1 atom stereocenters. The zero-order valence-electron chi connectivity index (χ0n) is 17.3. The number of halogens is 1. The lowest BCUT2D eigenvalue weighted by molar-refractivity contribution is -0.139. The molecule has 0 radical (unpaired) electrons. The third-order valence-corrected chi connectivity index (χ3v) is 5.73. The highest BCUT2D eigenvalue weighted by molar-refractivity contribution is 7.99. The number of likely N-dealkylation sites (N-methyl/N-ethyl adjacent to an activating group) is 1. The van der Waals surface area contributed by atoms with Crippen LogP contribution in [-0.4, -0.2) is 35.1 Å². The zero-order valence-corrected chi connectivity index (χ0v) is 18.1. The van der Waals surface area contributed by atoms with E-state index in [4.69, 9.17) is 0 Å². The van der Waals surface area contributed by atoms with Crippen LogP contribution in [0.4, 0.5) is 4.39 Å². The van der Waals surface area contributed by atoms with E-state index in [9.17, 15) is 14.0 Å². The fraction of sp³-hybridized carbons (Fsp3) is 0.391. The first-order chi connectivity index (χ1) is 14.0. The lowest BCUT2D eigenvalue weighted by atomic mass is 10.1. The Kier molecular flexibility index (Phi) is 9.19. The molecule has 0 saturated carbocycles. The van der Waals surface area contributed by atoms with Crippen molar-refractivity contribution in [3.63, 3.8) is 0 Å². The van der Waals surface area contributed by atoms with Crippen LogP contribution < -0.4 is 5.32 Å². The highest BCUT2D eigenvalue weighted by Crippen LogP contribution is 2.19. The van der Waals surface area contributed by atoms with Crippen molar-refractivity contribution in [2.45, 2.75) is 45.5 Å². The van der Waals surface area contributed by atoms with Gasteiger partial charge >= 0.3 is 0 Å². The van der Waals surface area contributed by atoms with Crippen molar-refractivity contribution in [3.05, 3.63) is 71.0 Å². The molecule has 0 aliphatic carbocycles. The maximum Gasteiger partial charge on any atom is 0.242 e. The lowest BCUT2D eigenvalue weighted by Crippen LogP contribution is -2.49. The molecule has 2 aromatic rings. The van der Waals surface area contributed by atoms with Crippen LogP contribution in [0.15, 0.2) is 48.5 Å². The maximum atomic E-state index is 13.1. The van der Waals surface area contributed by atoms with Crippen LogP contribution in [-0.2, 0) is 21.9 Å². The second kappa shape index (κ2) is 11.6. The van der Waals surface area contributed by atoms with Gasteiger partial charge in [0.05, 0.1) is 5.75 Å². The number of nitrogens with zero attached hydrogens (tertiary/aromatic N) is 1. The van der Waals surface area contributed by atoms with E-state index in [-0.39, 0.29) is 23.4 Å². The van der Waals surface area contributed by atoms with Gasteiger partial charge in [0.25, 0.3) is 0 Å². The predicted molar refractivity (Wildman–Crippen MR) is 117 cm³/mol. The maximum absolute atomic E-state index is 13.1. The number of aryl methyl sites for hydroxylation is 1. The summed E-state index contributed by atoms with van der Waals surface area (Å²) in [5.41, 5.74) is 3.09. The number of carbonyl (C=O) groups excluding carboxylic acids is 2. The number of hydrogen-bond acceptors (Lipinski definition) is 3. The smallest absolute Gasteiger partial charge is 0.242 e. The molecular formula is C23H29FN2O2S. The Labute approximate surface area is 176 Å². The molecule has 0 unspecified atom stereocenters. The molecular weight excluding hydrogens is 387 g/mol. The quantitative estimate of drug-likeness (QED) is 0.628.